The van der Waals surface area contributed by atoms with E-state index in [1.807, 2.05) is 11.3 Å². The molecule has 0 saturated carbocycles. The predicted octanol–water partition coefficient (Wildman–Crippen LogP) is 11.0. The van der Waals surface area contributed by atoms with Gasteiger partial charge in [-0.2, -0.15) is 0 Å². The van der Waals surface area contributed by atoms with Crippen LogP contribution >= 0.6 is 11.3 Å². The molecular formula is C43H30S. The first-order chi connectivity index (χ1) is 21.8. The van der Waals surface area contributed by atoms with Crippen molar-refractivity contribution in [2.75, 3.05) is 0 Å². The smallest absolute Gasteiger partial charge is 0.0713 e. The maximum absolute atomic E-state index is 2.42. The molecule has 2 aliphatic rings. The van der Waals surface area contributed by atoms with Crippen molar-refractivity contribution in [3.63, 3.8) is 0 Å². The van der Waals surface area contributed by atoms with Gasteiger partial charge in [-0.25, -0.2) is 0 Å². The first-order valence-electron chi connectivity index (χ1n) is 15.4. The average molecular weight is 579 g/mol. The molecule has 0 nitrogen and oxygen atoms in total. The molecule has 0 bridgehead atoms. The summed E-state index contributed by atoms with van der Waals surface area (Å²) in [6, 6.07) is 58.7. The van der Waals surface area contributed by atoms with Crippen molar-refractivity contribution in [1.82, 2.24) is 0 Å². The molecule has 0 aliphatic heterocycles. The Morgan fingerprint density at radius 1 is 0.455 bits per heavy atom. The number of hydrogen-bond donors (Lipinski definition) is 0. The Labute approximate surface area is 262 Å². The molecule has 44 heavy (non-hydrogen) atoms. The third-order valence-electron chi connectivity index (χ3n) is 9.97. The van der Waals surface area contributed by atoms with Crippen LogP contribution in [0.2, 0.25) is 0 Å². The van der Waals surface area contributed by atoms with Crippen LogP contribution in [-0.4, -0.2) is 0 Å². The predicted molar refractivity (Wildman–Crippen MR) is 186 cm³/mol. The van der Waals surface area contributed by atoms with Gasteiger partial charge in [0.15, 0.2) is 0 Å². The highest BCUT2D eigenvalue weighted by atomic mass is 32.1. The van der Waals surface area contributed by atoms with Crippen molar-refractivity contribution in [2.45, 2.75) is 17.3 Å². The fourth-order valence-corrected chi connectivity index (χ4v) is 9.53. The second kappa shape index (κ2) is 9.77. The van der Waals surface area contributed by atoms with Gasteiger partial charge in [0.05, 0.1) is 10.8 Å². The third kappa shape index (κ3) is 3.39. The van der Waals surface area contributed by atoms with Crippen molar-refractivity contribution in [3.05, 3.63) is 208 Å². The zero-order valence-corrected chi connectivity index (χ0v) is 25.1. The molecule has 0 radical (unpaired) electrons. The maximum atomic E-state index is 2.42. The molecule has 2 aliphatic carbocycles. The Hall–Kier alpha value is -4.98. The Balaban J connectivity index is 1.30. The minimum Gasteiger partial charge on any atom is -0.138 e. The fraction of sp³-hybridized carbons (Fsp3) is 0.0698. The molecule has 6 aromatic carbocycles. The lowest BCUT2D eigenvalue weighted by Gasteiger charge is -2.38. The summed E-state index contributed by atoms with van der Waals surface area (Å²) >= 11 is 1.95. The van der Waals surface area contributed by atoms with Crippen LogP contribution in [0.5, 0.6) is 0 Å². The minimum atomic E-state index is -0.387. The summed E-state index contributed by atoms with van der Waals surface area (Å²) in [6.45, 7) is 0. The van der Waals surface area contributed by atoms with E-state index in [1.165, 1.54) is 65.0 Å². The Kier molecular flexibility index (Phi) is 5.67. The van der Waals surface area contributed by atoms with Gasteiger partial charge in [0.2, 0.25) is 0 Å². The van der Waals surface area contributed by atoms with Crippen molar-refractivity contribution in [2.24, 2.45) is 0 Å². The fourth-order valence-electron chi connectivity index (χ4n) is 8.10. The van der Waals surface area contributed by atoms with E-state index in [0.717, 1.165) is 6.42 Å². The van der Waals surface area contributed by atoms with E-state index in [9.17, 15) is 0 Å². The van der Waals surface area contributed by atoms with E-state index in [2.05, 4.69) is 170 Å². The first kappa shape index (κ1) is 25.5. The van der Waals surface area contributed by atoms with Crippen LogP contribution in [0.25, 0.3) is 27.3 Å². The molecule has 1 unspecified atom stereocenters. The minimum absolute atomic E-state index is 0.251. The molecule has 0 fully saturated rings. The van der Waals surface area contributed by atoms with Gasteiger partial charge in [-0.15, -0.1) is 11.3 Å². The molecule has 9 rings (SSSR count). The molecule has 208 valence electrons. The van der Waals surface area contributed by atoms with Crippen LogP contribution in [0, 0.1) is 0 Å². The van der Waals surface area contributed by atoms with Gasteiger partial charge in [0, 0.05) is 9.58 Å². The van der Waals surface area contributed by atoms with Crippen LogP contribution in [0.4, 0.5) is 0 Å². The Bertz CT molecular complexity index is 2140. The van der Waals surface area contributed by atoms with Crippen LogP contribution < -0.4 is 0 Å². The molecular weight excluding hydrogens is 549 g/mol. The number of rotatable bonds is 4. The van der Waals surface area contributed by atoms with Crippen LogP contribution in [0.15, 0.2) is 164 Å². The highest BCUT2D eigenvalue weighted by molar-refractivity contribution is 7.19. The summed E-state index contributed by atoms with van der Waals surface area (Å²) in [4.78, 5) is 1.44. The van der Waals surface area contributed by atoms with Gasteiger partial charge in [-0.3, -0.25) is 0 Å². The third-order valence-corrected chi connectivity index (χ3v) is 11.3. The second-order valence-corrected chi connectivity index (χ2v) is 13.1. The summed E-state index contributed by atoms with van der Waals surface area (Å²) in [7, 11) is 0. The van der Waals surface area contributed by atoms with E-state index in [1.54, 1.807) is 0 Å². The highest BCUT2D eigenvalue weighted by Crippen LogP contribution is 2.57. The monoisotopic (exact) mass is 578 g/mol. The number of allylic oxidation sites excluding steroid dienone is 1. The van der Waals surface area contributed by atoms with Crippen molar-refractivity contribution in [3.8, 4) is 11.1 Å². The SMILES string of the molecule is C1=Cc2c(sc3ccccc23)C(c2ccccc2)(c2ccc(C3(c4ccccc4)c4ccccc4-c4ccccc43)cc2)C1. The lowest BCUT2D eigenvalue weighted by molar-refractivity contribution is 0.634. The molecule has 1 heteroatoms. The molecule has 1 atom stereocenters. The van der Waals surface area contributed by atoms with Crippen LogP contribution in [-0.2, 0) is 10.8 Å². The highest BCUT2D eigenvalue weighted by Gasteiger charge is 2.46. The van der Waals surface area contributed by atoms with Crippen molar-refractivity contribution < 1.29 is 0 Å². The van der Waals surface area contributed by atoms with Crippen LogP contribution in [0.1, 0.15) is 50.2 Å². The quantitative estimate of drug-likeness (QED) is 0.195. The molecule has 0 N–H and O–H groups in total. The number of hydrogen-bond acceptors (Lipinski definition) is 1. The molecule has 0 saturated heterocycles. The number of fused-ring (bicyclic) bond motifs is 6. The van der Waals surface area contributed by atoms with Gasteiger partial charge in [0.1, 0.15) is 0 Å². The first-order valence-corrected chi connectivity index (χ1v) is 16.2. The lowest BCUT2D eigenvalue weighted by Crippen LogP contribution is -2.31. The van der Waals surface area contributed by atoms with E-state index in [-0.39, 0.29) is 10.8 Å². The van der Waals surface area contributed by atoms with Crippen molar-refractivity contribution >= 4 is 27.5 Å². The summed E-state index contributed by atoms with van der Waals surface area (Å²) in [6.07, 6.45) is 5.67. The zero-order valence-electron chi connectivity index (χ0n) is 24.3. The van der Waals surface area contributed by atoms with E-state index >= 15 is 0 Å². The topological polar surface area (TPSA) is 0 Å². The van der Waals surface area contributed by atoms with Gasteiger partial charge in [-0.1, -0.05) is 164 Å². The maximum Gasteiger partial charge on any atom is 0.0713 e. The summed E-state index contributed by atoms with van der Waals surface area (Å²) in [5, 5.41) is 1.35. The normalized spacial score (nSPS) is 17.6. The zero-order chi connectivity index (χ0) is 29.1. The number of thiophene rings is 1. The second-order valence-electron chi connectivity index (χ2n) is 12.0. The summed E-state index contributed by atoms with van der Waals surface area (Å²) < 4.78 is 1.35. The summed E-state index contributed by atoms with van der Waals surface area (Å²) in [5.74, 6) is 0. The van der Waals surface area contributed by atoms with Crippen LogP contribution in [0.3, 0.4) is 0 Å². The Morgan fingerprint density at radius 2 is 0.955 bits per heavy atom. The molecule has 1 heterocycles. The van der Waals surface area contributed by atoms with E-state index in [0.29, 0.717) is 0 Å². The molecule has 1 aromatic heterocycles. The van der Waals surface area contributed by atoms with E-state index < -0.39 is 0 Å². The molecule has 0 amide bonds. The van der Waals surface area contributed by atoms with Gasteiger partial charge in [-0.05, 0) is 67.9 Å². The standard InChI is InChI=1S/C43H30S/c1-3-14-30(15-4-1)42(29-13-21-37-36-20-9-12-24-40(36)44-41(37)42)31-25-27-33(28-26-31)43(32-16-5-2-6-17-32)38-22-10-7-18-34(38)35-19-8-11-23-39(35)43/h1-28H,29H2. The van der Waals surface area contributed by atoms with Gasteiger partial charge >= 0.3 is 0 Å². The largest absolute Gasteiger partial charge is 0.138 e. The summed E-state index contributed by atoms with van der Waals surface area (Å²) in [5.41, 5.74) is 11.4. The molecule has 0 spiro atoms. The molecule has 7 aromatic rings. The lowest BCUT2D eigenvalue weighted by atomic mass is 9.65. The Morgan fingerprint density at radius 3 is 1.64 bits per heavy atom. The number of benzene rings is 6. The van der Waals surface area contributed by atoms with E-state index in [4.69, 9.17) is 0 Å². The average Bonchev–Trinajstić information content (AvgIpc) is 3.64. The van der Waals surface area contributed by atoms with Gasteiger partial charge < -0.3 is 0 Å². The van der Waals surface area contributed by atoms with Gasteiger partial charge in [0.25, 0.3) is 0 Å². The van der Waals surface area contributed by atoms with Crippen molar-refractivity contribution in [1.29, 1.82) is 0 Å².